The van der Waals surface area contributed by atoms with Crippen LogP contribution in [0.1, 0.15) is 10.5 Å². The molecule has 25 heavy (non-hydrogen) atoms. The normalized spacial score (nSPS) is 10.6. The molecule has 122 valence electrons. The van der Waals surface area contributed by atoms with Crippen LogP contribution in [0, 0.1) is 0 Å². The first-order valence-corrected chi connectivity index (χ1v) is 7.82. The van der Waals surface area contributed by atoms with Gasteiger partial charge in [0.2, 0.25) is 0 Å². The Morgan fingerprint density at radius 2 is 1.60 bits per heavy atom. The molecule has 4 aromatic rings. The number of rotatable bonds is 4. The number of aromatic nitrogens is 3. The molecule has 2 aromatic carbocycles. The number of para-hydroxylation sites is 2. The summed E-state index contributed by atoms with van der Waals surface area (Å²) in [6.45, 7) is 0. The average molecular weight is 329 g/mol. The number of hydrogen-bond donors (Lipinski definition) is 3. The smallest absolute Gasteiger partial charge is 0.274 e. The van der Waals surface area contributed by atoms with Gasteiger partial charge in [-0.1, -0.05) is 36.4 Å². The molecule has 0 aliphatic heterocycles. The number of amides is 1. The van der Waals surface area contributed by atoms with Crippen LogP contribution in [0.15, 0.2) is 72.9 Å². The monoisotopic (exact) mass is 329 g/mol. The third-order valence-corrected chi connectivity index (χ3v) is 3.73. The molecule has 0 atom stereocenters. The number of pyridine rings is 1. The molecule has 6 nitrogen and oxygen atoms in total. The van der Waals surface area contributed by atoms with Gasteiger partial charge in [-0.25, -0.2) is 4.98 Å². The largest absolute Gasteiger partial charge is 0.354 e. The van der Waals surface area contributed by atoms with Crippen molar-refractivity contribution in [1.82, 2.24) is 15.2 Å². The van der Waals surface area contributed by atoms with Crippen LogP contribution in [0.5, 0.6) is 0 Å². The van der Waals surface area contributed by atoms with Crippen molar-refractivity contribution in [3.05, 3.63) is 78.6 Å². The van der Waals surface area contributed by atoms with Gasteiger partial charge >= 0.3 is 0 Å². The molecule has 0 spiro atoms. The van der Waals surface area contributed by atoms with E-state index in [-0.39, 0.29) is 5.91 Å². The van der Waals surface area contributed by atoms with Gasteiger partial charge in [0.1, 0.15) is 16.7 Å². The van der Waals surface area contributed by atoms with Gasteiger partial charge in [0.25, 0.3) is 5.91 Å². The molecular formula is C19H15N5O. The number of carbonyl (C=O) groups excluding carboxylic acids is 1. The molecule has 0 aliphatic carbocycles. The first-order chi connectivity index (χ1) is 12.3. The number of benzene rings is 2. The summed E-state index contributed by atoms with van der Waals surface area (Å²) in [5, 5.41) is 13.1. The topological polar surface area (TPSA) is 82.7 Å². The van der Waals surface area contributed by atoms with Crippen LogP contribution in [0.25, 0.3) is 11.0 Å². The number of fused-ring (bicyclic) bond motifs is 1. The second kappa shape index (κ2) is 6.45. The minimum atomic E-state index is -0.273. The van der Waals surface area contributed by atoms with Crippen LogP contribution in [0.3, 0.4) is 0 Å². The van der Waals surface area contributed by atoms with Gasteiger partial charge in [-0.3, -0.25) is 9.89 Å². The number of anilines is 3. The van der Waals surface area contributed by atoms with E-state index in [0.717, 1.165) is 22.6 Å². The zero-order valence-electron chi connectivity index (χ0n) is 13.2. The van der Waals surface area contributed by atoms with Crippen molar-refractivity contribution < 1.29 is 4.79 Å². The average Bonchev–Trinajstić information content (AvgIpc) is 3.12. The van der Waals surface area contributed by atoms with Gasteiger partial charge in [-0.2, -0.15) is 5.10 Å². The summed E-state index contributed by atoms with van der Waals surface area (Å²) < 4.78 is 0. The molecule has 1 amide bonds. The standard InChI is InChI=1S/C19H15N5O/c25-19(22-14-9-5-2-6-10-14)16-11-15(18-17(23-16)12-20-24-18)21-13-7-3-1-4-8-13/h1-12H,(H,20,24)(H,21,23)(H,22,25). The minimum Gasteiger partial charge on any atom is -0.354 e. The van der Waals surface area contributed by atoms with E-state index in [1.807, 2.05) is 60.7 Å². The van der Waals surface area contributed by atoms with Crippen LogP contribution >= 0.6 is 0 Å². The number of hydrogen-bond acceptors (Lipinski definition) is 4. The minimum absolute atomic E-state index is 0.273. The molecule has 0 fully saturated rings. The second-order valence-electron chi connectivity index (χ2n) is 5.50. The highest BCUT2D eigenvalue weighted by Gasteiger charge is 2.14. The Morgan fingerprint density at radius 3 is 2.32 bits per heavy atom. The number of carbonyl (C=O) groups is 1. The third-order valence-electron chi connectivity index (χ3n) is 3.73. The summed E-state index contributed by atoms with van der Waals surface area (Å²) in [5.74, 6) is -0.273. The number of H-pyrrole nitrogens is 1. The molecule has 0 radical (unpaired) electrons. The molecule has 0 unspecified atom stereocenters. The fourth-order valence-electron chi connectivity index (χ4n) is 2.54. The van der Waals surface area contributed by atoms with Crippen LogP contribution in [0.4, 0.5) is 17.1 Å². The molecule has 2 heterocycles. The van der Waals surface area contributed by atoms with Crippen molar-refractivity contribution in [3.8, 4) is 0 Å². The Kier molecular flexibility index (Phi) is 3.84. The van der Waals surface area contributed by atoms with Crippen molar-refractivity contribution in [1.29, 1.82) is 0 Å². The predicted octanol–water partition coefficient (Wildman–Crippen LogP) is 3.95. The van der Waals surface area contributed by atoms with Crippen molar-refractivity contribution >= 4 is 34.0 Å². The Balaban J connectivity index is 1.69. The molecule has 0 aliphatic rings. The van der Waals surface area contributed by atoms with Crippen LogP contribution < -0.4 is 10.6 Å². The summed E-state index contributed by atoms with van der Waals surface area (Å²) in [6.07, 6.45) is 1.60. The van der Waals surface area contributed by atoms with E-state index in [2.05, 4.69) is 25.8 Å². The van der Waals surface area contributed by atoms with Gasteiger partial charge in [0.05, 0.1) is 11.9 Å². The lowest BCUT2D eigenvalue weighted by Gasteiger charge is -2.10. The summed E-state index contributed by atoms with van der Waals surface area (Å²) in [7, 11) is 0. The third kappa shape index (κ3) is 3.18. The molecule has 6 heteroatoms. The van der Waals surface area contributed by atoms with Gasteiger partial charge in [0.15, 0.2) is 0 Å². The summed E-state index contributed by atoms with van der Waals surface area (Å²) in [5.41, 5.74) is 4.07. The van der Waals surface area contributed by atoms with Gasteiger partial charge in [-0.05, 0) is 30.3 Å². The van der Waals surface area contributed by atoms with Crippen LogP contribution in [-0.4, -0.2) is 21.1 Å². The van der Waals surface area contributed by atoms with E-state index in [0.29, 0.717) is 11.2 Å². The zero-order chi connectivity index (χ0) is 17.1. The van der Waals surface area contributed by atoms with E-state index in [4.69, 9.17) is 0 Å². The van der Waals surface area contributed by atoms with E-state index in [9.17, 15) is 4.79 Å². The van der Waals surface area contributed by atoms with Crippen LogP contribution in [0.2, 0.25) is 0 Å². The van der Waals surface area contributed by atoms with E-state index in [1.165, 1.54) is 0 Å². The van der Waals surface area contributed by atoms with Gasteiger partial charge in [-0.15, -0.1) is 0 Å². The van der Waals surface area contributed by atoms with E-state index >= 15 is 0 Å². The Bertz CT molecular complexity index is 1010. The van der Waals surface area contributed by atoms with Crippen molar-refractivity contribution in [2.75, 3.05) is 10.6 Å². The molecule has 2 aromatic heterocycles. The summed E-state index contributed by atoms with van der Waals surface area (Å²) in [4.78, 5) is 16.9. The lowest BCUT2D eigenvalue weighted by Crippen LogP contribution is -2.14. The van der Waals surface area contributed by atoms with E-state index < -0.39 is 0 Å². The Hall–Kier alpha value is -3.67. The number of aromatic amines is 1. The molecule has 0 bridgehead atoms. The first-order valence-electron chi connectivity index (χ1n) is 7.82. The maximum Gasteiger partial charge on any atom is 0.274 e. The summed E-state index contributed by atoms with van der Waals surface area (Å²) >= 11 is 0. The SMILES string of the molecule is O=C(Nc1ccccc1)c1cc(Nc2ccccc2)c2[nH]ncc2n1. The highest BCUT2D eigenvalue weighted by molar-refractivity contribution is 6.05. The number of nitrogens with one attached hydrogen (secondary N) is 3. The molecular weight excluding hydrogens is 314 g/mol. The Morgan fingerprint density at radius 1 is 0.920 bits per heavy atom. The lowest BCUT2D eigenvalue weighted by molar-refractivity contribution is 0.102. The maximum absolute atomic E-state index is 12.6. The second-order valence-corrected chi connectivity index (χ2v) is 5.50. The fourth-order valence-corrected chi connectivity index (χ4v) is 2.54. The Labute approximate surface area is 143 Å². The maximum atomic E-state index is 12.6. The highest BCUT2D eigenvalue weighted by Crippen LogP contribution is 2.25. The highest BCUT2D eigenvalue weighted by atomic mass is 16.1. The fraction of sp³-hybridized carbons (Fsp3) is 0. The molecule has 0 saturated heterocycles. The predicted molar refractivity (Wildman–Crippen MR) is 98.0 cm³/mol. The lowest BCUT2D eigenvalue weighted by atomic mass is 10.2. The van der Waals surface area contributed by atoms with Crippen molar-refractivity contribution in [2.24, 2.45) is 0 Å². The molecule has 4 rings (SSSR count). The first kappa shape index (κ1) is 14.9. The molecule has 3 N–H and O–H groups in total. The molecule has 0 saturated carbocycles. The van der Waals surface area contributed by atoms with Crippen molar-refractivity contribution in [2.45, 2.75) is 0 Å². The zero-order valence-corrected chi connectivity index (χ0v) is 13.2. The number of nitrogens with zero attached hydrogens (tertiary/aromatic N) is 2. The quantitative estimate of drug-likeness (QED) is 0.529. The van der Waals surface area contributed by atoms with Gasteiger partial charge in [0, 0.05) is 11.4 Å². The van der Waals surface area contributed by atoms with Crippen LogP contribution in [-0.2, 0) is 0 Å². The van der Waals surface area contributed by atoms with Gasteiger partial charge < -0.3 is 10.6 Å². The summed E-state index contributed by atoms with van der Waals surface area (Å²) in [6, 6.07) is 20.7. The van der Waals surface area contributed by atoms with Crippen molar-refractivity contribution in [3.63, 3.8) is 0 Å². The van der Waals surface area contributed by atoms with E-state index in [1.54, 1.807) is 12.3 Å².